The number of hydrogen-bond donors (Lipinski definition) is 1. The van der Waals surface area contributed by atoms with Crippen LogP contribution in [-0.2, 0) is 32.8 Å². The Morgan fingerprint density at radius 2 is 1.57 bits per heavy atom. The topological polar surface area (TPSA) is 90.0 Å². The average molecular weight is 613 g/mol. The van der Waals surface area contributed by atoms with E-state index < -0.39 is 28.7 Å². The lowest BCUT2D eigenvalue weighted by atomic mass is 10.0. The number of carbonyl (C=O) groups excluding carboxylic acids is 2. The fourth-order valence-corrected chi connectivity index (χ4v) is 5.79. The molecule has 10 heteroatoms. The van der Waals surface area contributed by atoms with Crippen molar-refractivity contribution in [2.75, 3.05) is 31.5 Å². The van der Waals surface area contributed by atoms with Crippen molar-refractivity contribution in [3.8, 4) is 0 Å². The van der Waals surface area contributed by atoms with E-state index in [1.165, 1.54) is 19.0 Å². The van der Waals surface area contributed by atoms with Crippen molar-refractivity contribution in [3.63, 3.8) is 0 Å². The van der Waals surface area contributed by atoms with Crippen LogP contribution in [0.1, 0.15) is 36.1 Å². The van der Waals surface area contributed by atoms with Crippen LogP contribution in [0.5, 0.6) is 0 Å². The van der Waals surface area contributed by atoms with Gasteiger partial charge in [0.2, 0.25) is 11.8 Å². The fourth-order valence-electron chi connectivity index (χ4n) is 4.48. The summed E-state index contributed by atoms with van der Waals surface area (Å²) in [4.78, 5) is 29.6. The minimum atomic E-state index is -4.07. The van der Waals surface area contributed by atoms with E-state index in [0.29, 0.717) is 28.4 Å². The van der Waals surface area contributed by atoms with Crippen molar-refractivity contribution in [2.45, 2.75) is 46.7 Å². The predicted molar refractivity (Wildman–Crippen MR) is 170 cm³/mol. The molecular formula is C32H41ClN4O4S. The number of halogens is 1. The molecule has 3 aromatic carbocycles. The molecule has 0 aromatic heterocycles. The van der Waals surface area contributed by atoms with Crippen molar-refractivity contribution in [1.82, 2.24) is 14.5 Å². The maximum absolute atomic E-state index is 14.4. The van der Waals surface area contributed by atoms with Crippen LogP contribution in [-0.4, -0.2) is 62.7 Å². The second kappa shape index (κ2) is 14.7. The quantitative estimate of drug-likeness (QED) is 0.295. The Kier molecular flexibility index (Phi) is 11.6. The van der Waals surface area contributed by atoms with E-state index in [0.717, 1.165) is 19.7 Å². The molecule has 0 radical (unpaired) electrons. The standard InChI is InChI=1S/C32H41ClN4O4S/c1-23(2)20-34-32(39)30(19-26-12-8-7-9-13-26)36(21-27-14-10-11-15-28(27)33)31(38)22-37(42(40,41)35(5)6)29-18-24(3)16-17-25(29)4/h7-18,23,30H,19-22H2,1-6H3,(H,34,39). The second-order valence-corrected chi connectivity index (χ2v) is 13.5. The Balaban J connectivity index is 2.13. The Morgan fingerprint density at radius 1 is 0.929 bits per heavy atom. The molecule has 0 aliphatic rings. The lowest BCUT2D eigenvalue weighted by molar-refractivity contribution is -0.140. The third kappa shape index (κ3) is 8.56. The number of carbonyl (C=O) groups is 2. The zero-order valence-electron chi connectivity index (χ0n) is 25.2. The van der Waals surface area contributed by atoms with Gasteiger partial charge in [-0.1, -0.05) is 86.1 Å². The normalized spacial score (nSPS) is 12.3. The molecular weight excluding hydrogens is 572 g/mol. The molecule has 0 saturated carbocycles. The Labute approximate surface area is 255 Å². The first-order valence-corrected chi connectivity index (χ1v) is 15.7. The second-order valence-electron chi connectivity index (χ2n) is 11.0. The average Bonchev–Trinajstić information content (AvgIpc) is 2.94. The van der Waals surface area contributed by atoms with Crippen LogP contribution in [0.15, 0.2) is 72.8 Å². The van der Waals surface area contributed by atoms with Crippen LogP contribution < -0.4 is 9.62 Å². The highest BCUT2D eigenvalue weighted by Gasteiger charge is 2.35. The largest absolute Gasteiger partial charge is 0.354 e. The molecule has 1 unspecified atom stereocenters. The van der Waals surface area contributed by atoms with Crippen molar-refractivity contribution in [2.24, 2.45) is 5.92 Å². The van der Waals surface area contributed by atoms with E-state index >= 15 is 0 Å². The third-order valence-corrected chi connectivity index (χ3v) is 9.08. The molecule has 42 heavy (non-hydrogen) atoms. The smallest absolute Gasteiger partial charge is 0.304 e. The van der Waals surface area contributed by atoms with Gasteiger partial charge in [-0.15, -0.1) is 0 Å². The molecule has 0 aliphatic carbocycles. The zero-order valence-corrected chi connectivity index (χ0v) is 26.7. The van der Waals surface area contributed by atoms with Gasteiger partial charge in [-0.2, -0.15) is 12.7 Å². The lowest BCUT2D eigenvalue weighted by Crippen LogP contribution is -2.54. The van der Waals surface area contributed by atoms with E-state index in [2.05, 4.69) is 5.32 Å². The number of rotatable bonds is 13. The summed E-state index contributed by atoms with van der Waals surface area (Å²) in [6.45, 7) is 7.61. The molecule has 0 saturated heterocycles. The molecule has 0 bridgehead atoms. The zero-order chi connectivity index (χ0) is 31.0. The number of benzene rings is 3. The van der Waals surface area contributed by atoms with Gasteiger partial charge in [0.1, 0.15) is 12.6 Å². The SMILES string of the molecule is Cc1ccc(C)c(N(CC(=O)N(Cc2ccccc2Cl)C(Cc2ccccc2)C(=O)NCC(C)C)S(=O)(=O)N(C)C)c1. The van der Waals surface area contributed by atoms with Gasteiger partial charge in [-0.25, -0.2) is 4.31 Å². The van der Waals surface area contributed by atoms with Gasteiger partial charge < -0.3 is 10.2 Å². The van der Waals surface area contributed by atoms with Crippen LogP contribution in [0.2, 0.25) is 5.02 Å². The van der Waals surface area contributed by atoms with Gasteiger partial charge in [0.15, 0.2) is 0 Å². The molecule has 0 aliphatic heterocycles. The van der Waals surface area contributed by atoms with Gasteiger partial charge in [-0.05, 0) is 54.2 Å². The van der Waals surface area contributed by atoms with Crippen LogP contribution in [0, 0.1) is 19.8 Å². The van der Waals surface area contributed by atoms with Crippen LogP contribution in [0.4, 0.5) is 5.69 Å². The number of anilines is 1. The van der Waals surface area contributed by atoms with Crippen molar-refractivity contribution < 1.29 is 18.0 Å². The molecule has 1 atom stereocenters. The maximum Gasteiger partial charge on any atom is 0.304 e. The summed E-state index contributed by atoms with van der Waals surface area (Å²) in [7, 11) is -1.22. The minimum absolute atomic E-state index is 0.0216. The van der Waals surface area contributed by atoms with E-state index in [1.54, 1.807) is 31.2 Å². The Bertz CT molecular complexity index is 1480. The predicted octanol–water partition coefficient (Wildman–Crippen LogP) is 4.98. The van der Waals surface area contributed by atoms with E-state index in [1.807, 2.05) is 69.3 Å². The number of hydrogen-bond acceptors (Lipinski definition) is 4. The molecule has 2 amide bonds. The van der Waals surface area contributed by atoms with Gasteiger partial charge in [0.25, 0.3) is 0 Å². The summed E-state index contributed by atoms with van der Waals surface area (Å²) in [5.41, 5.74) is 3.47. The molecule has 3 aromatic rings. The first kappa shape index (κ1) is 33.1. The van der Waals surface area contributed by atoms with Gasteiger partial charge in [0, 0.05) is 38.6 Å². The van der Waals surface area contributed by atoms with E-state index in [4.69, 9.17) is 11.6 Å². The highest BCUT2D eigenvalue weighted by atomic mass is 35.5. The van der Waals surface area contributed by atoms with Crippen LogP contribution in [0.3, 0.4) is 0 Å². The van der Waals surface area contributed by atoms with Crippen molar-refractivity contribution in [3.05, 3.63) is 100 Å². The van der Waals surface area contributed by atoms with E-state index in [-0.39, 0.29) is 24.8 Å². The first-order valence-electron chi connectivity index (χ1n) is 13.9. The van der Waals surface area contributed by atoms with Crippen molar-refractivity contribution in [1.29, 1.82) is 0 Å². The molecule has 0 heterocycles. The third-order valence-electron chi connectivity index (χ3n) is 6.91. The number of nitrogens with zero attached hydrogens (tertiary/aromatic N) is 3. The molecule has 0 fully saturated rings. The molecule has 8 nitrogen and oxygen atoms in total. The summed E-state index contributed by atoms with van der Waals surface area (Å²) < 4.78 is 29.4. The monoisotopic (exact) mass is 612 g/mol. The fraction of sp³-hybridized carbons (Fsp3) is 0.375. The Hall–Kier alpha value is -3.40. The highest BCUT2D eigenvalue weighted by molar-refractivity contribution is 7.90. The van der Waals surface area contributed by atoms with Gasteiger partial charge >= 0.3 is 10.2 Å². The van der Waals surface area contributed by atoms with Crippen LogP contribution in [0.25, 0.3) is 0 Å². The summed E-state index contributed by atoms with van der Waals surface area (Å²) >= 11 is 6.52. The summed E-state index contributed by atoms with van der Waals surface area (Å²) in [5.74, 6) is -0.646. The lowest BCUT2D eigenvalue weighted by Gasteiger charge is -2.35. The number of nitrogens with one attached hydrogen (secondary N) is 1. The minimum Gasteiger partial charge on any atom is -0.354 e. The molecule has 226 valence electrons. The van der Waals surface area contributed by atoms with Gasteiger partial charge in [0.05, 0.1) is 5.69 Å². The number of amides is 2. The highest BCUT2D eigenvalue weighted by Crippen LogP contribution is 2.27. The molecule has 0 spiro atoms. The van der Waals surface area contributed by atoms with Crippen LogP contribution >= 0.6 is 11.6 Å². The molecule has 3 rings (SSSR count). The van der Waals surface area contributed by atoms with E-state index in [9.17, 15) is 18.0 Å². The molecule has 1 N–H and O–H groups in total. The van der Waals surface area contributed by atoms with Gasteiger partial charge in [-0.3, -0.25) is 9.59 Å². The summed E-state index contributed by atoms with van der Waals surface area (Å²) in [6, 6.07) is 21.1. The van der Waals surface area contributed by atoms with Crippen molar-refractivity contribution >= 4 is 39.3 Å². The Morgan fingerprint density at radius 3 is 2.19 bits per heavy atom. The maximum atomic E-state index is 14.4. The summed E-state index contributed by atoms with van der Waals surface area (Å²) in [5, 5.41) is 3.43. The first-order chi connectivity index (χ1) is 19.8. The summed E-state index contributed by atoms with van der Waals surface area (Å²) in [6.07, 6.45) is 0.241. The number of aryl methyl sites for hydroxylation is 2.